The van der Waals surface area contributed by atoms with E-state index < -0.39 is 0 Å². The van der Waals surface area contributed by atoms with E-state index in [9.17, 15) is 0 Å². The van der Waals surface area contributed by atoms with Crippen molar-refractivity contribution in [1.29, 1.82) is 0 Å². The molecule has 0 spiro atoms. The van der Waals surface area contributed by atoms with E-state index in [1.807, 2.05) is 25.1 Å². The predicted molar refractivity (Wildman–Crippen MR) is 111 cm³/mol. The minimum absolute atomic E-state index is 0.601. The molecule has 5 heteroatoms. The van der Waals surface area contributed by atoms with Gasteiger partial charge in [0, 0.05) is 24.0 Å². The van der Waals surface area contributed by atoms with Gasteiger partial charge in [-0.05, 0) is 68.1 Å². The molecule has 0 unspecified atom stereocenters. The van der Waals surface area contributed by atoms with Gasteiger partial charge in [0.15, 0.2) is 0 Å². The number of ether oxygens (including phenoxy) is 1. The molecule has 0 fully saturated rings. The maximum Gasteiger partial charge on any atom is 0.229 e. The van der Waals surface area contributed by atoms with Crippen molar-refractivity contribution < 1.29 is 4.74 Å². The molecule has 0 radical (unpaired) electrons. The Kier molecular flexibility index (Phi) is 5.91. The zero-order valence-corrected chi connectivity index (χ0v) is 16.3. The van der Waals surface area contributed by atoms with Gasteiger partial charge in [-0.1, -0.05) is 18.2 Å². The quantitative estimate of drug-likeness (QED) is 0.632. The minimum Gasteiger partial charge on any atom is -0.497 e. The van der Waals surface area contributed by atoms with Crippen LogP contribution in [0.25, 0.3) is 0 Å². The SMILES string of the molecule is COc1cccc(CCNc2cc(C)nc(Nc3cc(C)cc(C)c3)n2)c1. The largest absolute Gasteiger partial charge is 0.497 e. The summed E-state index contributed by atoms with van der Waals surface area (Å²) in [5, 5.41) is 6.70. The van der Waals surface area contributed by atoms with E-state index in [-0.39, 0.29) is 0 Å². The number of aromatic nitrogens is 2. The summed E-state index contributed by atoms with van der Waals surface area (Å²) in [5.41, 5.74) is 5.56. The maximum absolute atomic E-state index is 5.27. The van der Waals surface area contributed by atoms with Crippen molar-refractivity contribution in [3.05, 3.63) is 70.9 Å². The number of nitrogens with zero attached hydrogens (tertiary/aromatic N) is 2. The lowest BCUT2D eigenvalue weighted by atomic mass is 10.1. The molecular formula is C22H26N4O. The lowest BCUT2D eigenvalue weighted by molar-refractivity contribution is 0.414. The Morgan fingerprint density at radius 3 is 2.44 bits per heavy atom. The van der Waals surface area contributed by atoms with Gasteiger partial charge in [0.1, 0.15) is 11.6 Å². The van der Waals surface area contributed by atoms with Gasteiger partial charge in [-0.3, -0.25) is 0 Å². The highest BCUT2D eigenvalue weighted by molar-refractivity contribution is 5.57. The highest BCUT2D eigenvalue weighted by atomic mass is 16.5. The fraction of sp³-hybridized carbons (Fsp3) is 0.273. The summed E-state index contributed by atoms with van der Waals surface area (Å²) in [4.78, 5) is 9.09. The second-order valence-electron chi connectivity index (χ2n) is 6.75. The lowest BCUT2D eigenvalue weighted by Crippen LogP contribution is -2.09. The molecule has 2 aromatic carbocycles. The normalized spacial score (nSPS) is 10.5. The van der Waals surface area contributed by atoms with Gasteiger partial charge in [0.25, 0.3) is 0 Å². The van der Waals surface area contributed by atoms with E-state index in [0.29, 0.717) is 5.95 Å². The molecule has 1 aromatic heterocycles. The number of hydrogen-bond donors (Lipinski definition) is 2. The van der Waals surface area contributed by atoms with Gasteiger partial charge in [0.05, 0.1) is 7.11 Å². The molecule has 2 N–H and O–H groups in total. The van der Waals surface area contributed by atoms with E-state index in [1.165, 1.54) is 16.7 Å². The lowest BCUT2D eigenvalue weighted by Gasteiger charge is -2.11. The van der Waals surface area contributed by atoms with Crippen LogP contribution in [0.4, 0.5) is 17.5 Å². The second-order valence-corrected chi connectivity index (χ2v) is 6.75. The third kappa shape index (κ3) is 5.45. The van der Waals surface area contributed by atoms with Crippen LogP contribution >= 0.6 is 0 Å². The summed E-state index contributed by atoms with van der Waals surface area (Å²) < 4.78 is 5.27. The average Bonchev–Trinajstić information content (AvgIpc) is 2.60. The fourth-order valence-electron chi connectivity index (χ4n) is 3.05. The molecular weight excluding hydrogens is 336 g/mol. The van der Waals surface area contributed by atoms with Crippen molar-refractivity contribution in [2.75, 3.05) is 24.3 Å². The zero-order chi connectivity index (χ0) is 19.2. The number of anilines is 3. The number of methoxy groups -OCH3 is 1. The third-order valence-electron chi connectivity index (χ3n) is 4.19. The maximum atomic E-state index is 5.27. The van der Waals surface area contributed by atoms with Crippen LogP contribution in [0.5, 0.6) is 5.75 Å². The molecule has 0 bridgehead atoms. The van der Waals surface area contributed by atoms with Gasteiger partial charge in [-0.15, -0.1) is 0 Å². The van der Waals surface area contributed by atoms with E-state index >= 15 is 0 Å². The van der Waals surface area contributed by atoms with Crippen molar-refractivity contribution in [2.45, 2.75) is 27.2 Å². The van der Waals surface area contributed by atoms with Crippen molar-refractivity contribution in [1.82, 2.24) is 9.97 Å². The molecule has 0 aliphatic rings. The summed E-state index contributed by atoms with van der Waals surface area (Å²) in [7, 11) is 1.69. The van der Waals surface area contributed by atoms with Crippen LogP contribution in [0.2, 0.25) is 0 Å². The zero-order valence-electron chi connectivity index (χ0n) is 16.3. The smallest absolute Gasteiger partial charge is 0.229 e. The van der Waals surface area contributed by atoms with E-state index in [0.717, 1.165) is 35.9 Å². The number of aryl methyl sites for hydroxylation is 3. The summed E-state index contributed by atoms with van der Waals surface area (Å²) in [6.07, 6.45) is 0.889. The standard InChI is InChI=1S/C22H26N4O/c1-15-10-16(2)12-19(11-15)25-22-24-17(3)13-21(26-22)23-9-8-18-6-5-7-20(14-18)27-4/h5-7,10-14H,8-9H2,1-4H3,(H2,23,24,25,26). The molecule has 140 valence electrons. The van der Waals surface area contributed by atoms with Crippen LogP contribution in [0.1, 0.15) is 22.4 Å². The number of benzene rings is 2. The van der Waals surface area contributed by atoms with Gasteiger partial charge < -0.3 is 15.4 Å². The van der Waals surface area contributed by atoms with Crippen LogP contribution in [0, 0.1) is 20.8 Å². The average molecular weight is 362 g/mol. The first kappa shape index (κ1) is 18.7. The summed E-state index contributed by atoms with van der Waals surface area (Å²) in [5.74, 6) is 2.30. The van der Waals surface area contributed by atoms with Gasteiger partial charge in [-0.25, -0.2) is 4.98 Å². The van der Waals surface area contributed by atoms with E-state index in [1.54, 1.807) is 7.11 Å². The van der Waals surface area contributed by atoms with Crippen molar-refractivity contribution in [3.8, 4) is 5.75 Å². The van der Waals surface area contributed by atoms with Gasteiger partial charge in [0.2, 0.25) is 5.95 Å². The number of hydrogen-bond acceptors (Lipinski definition) is 5. The molecule has 0 saturated heterocycles. The Bertz CT molecular complexity index is 904. The molecule has 27 heavy (non-hydrogen) atoms. The fourth-order valence-corrected chi connectivity index (χ4v) is 3.05. The van der Waals surface area contributed by atoms with Crippen molar-refractivity contribution >= 4 is 17.5 Å². The molecule has 5 nitrogen and oxygen atoms in total. The highest BCUT2D eigenvalue weighted by Crippen LogP contribution is 2.19. The van der Waals surface area contributed by atoms with Gasteiger partial charge in [-0.2, -0.15) is 4.98 Å². The van der Waals surface area contributed by atoms with Crippen LogP contribution in [0.3, 0.4) is 0 Å². The molecule has 0 amide bonds. The summed E-state index contributed by atoms with van der Waals surface area (Å²) in [6.45, 7) is 6.93. The van der Waals surface area contributed by atoms with Crippen LogP contribution < -0.4 is 15.4 Å². The minimum atomic E-state index is 0.601. The van der Waals surface area contributed by atoms with Crippen molar-refractivity contribution in [3.63, 3.8) is 0 Å². The summed E-state index contributed by atoms with van der Waals surface area (Å²) in [6, 6.07) is 16.4. The van der Waals surface area contributed by atoms with Crippen LogP contribution in [-0.2, 0) is 6.42 Å². The Balaban J connectivity index is 1.66. The van der Waals surface area contributed by atoms with Crippen LogP contribution in [-0.4, -0.2) is 23.6 Å². The van der Waals surface area contributed by atoms with E-state index in [4.69, 9.17) is 4.74 Å². The number of nitrogens with one attached hydrogen (secondary N) is 2. The predicted octanol–water partition coefficient (Wildman–Crippen LogP) is 4.81. The highest BCUT2D eigenvalue weighted by Gasteiger charge is 2.04. The Labute approximate surface area is 160 Å². The molecule has 0 atom stereocenters. The first-order valence-electron chi connectivity index (χ1n) is 9.09. The van der Waals surface area contributed by atoms with Crippen molar-refractivity contribution in [2.24, 2.45) is 0 Å². The van der Waals surface area contributed by atoms with Gasteiger partial charge >= 0.3 is 0 Å². The molecule has 0 saturated carbocycles. The molecule has 3 aromatic rings. The molecule has 0 aliphatic heterocycles. The first-order chi connectivity index (χ1) is 13.0. The monoisotopic (exact) mass is 362 g/mol. The second kappa shape index (κ2) is 8.54. The Morgan fingerprint density at radius 2 is 1.70 bits per heavy atom. The number of rotatable bonds is 7. The third-order valence-corrected chi connectivity index (χ3v) is 4.19. The molecule has 0 aliphatic carbocycles. The Hall–Kier alpha value is -3.08. The first-order valence-corrected chi connectivity index (χ1v) is 9.09. The Morgan fingerprint density at radius 1 is 0.926 bits per heavy atom. The summed E-state index contributed by atoms with van der Waals surface area (Å²) >= 11 is 0. The van der Waals surface area contributed by atoms with Crippen LogP contribution in [0.15, 0.2) is 48.5 Å². The van der Waals surface area contributed by atoms with E-state index in [2.05, 4.69) is 64.8 Å². The topological polar surface area (TPSA) is 59.1 Å². The molecule has 1 heterocycles. The molecule has 3 rings (SSSR count).